The van der Waals surface area contributed by atoms with Crippen molar-refractivity contribution in [3.63, 3.8) is 0 Å². The van der Waals surface area contributed by atoms with Gasteiger partial charge in [0.05, 0.1) is 27.1 Å². The number of aryl methyl sites for hydroxylation is 1. The Morgan fingerprint density at radius 3 is 2.25 bits per heavy atom. The molecule has 5 heterocycles. The van der Waals surface area contributed by atoms with Crippen molar-refractivity contribution in [3.8, 4) is 16.9 Å². The molecule has 2 bridgehead atoms. The minimum Gasteiger partial charge on any atom is -0.748 e. The number of oxazole rings is 1. The fourth-order valence-corrected chi connectivity index (χ4v) is 7.66. The van der Waals surface area contributed by atoms with Gasteiger partial charge in [0, 0.05) is 75.2 Å². The third kappa shape index (κ3) is 10.1. The van der Waals surface area contributed by atoms with Crippen LogP contribution in [0.15, 0.2) is 88.7 Å². The van der Waals surface area contributed by atoms with E-state index in [0.717, 1.165) is 22.2 Å². The standard InChI is InChI=1S/C32H33ClN2O8S2.C6H12N2/c1-3-23(18-31-34(15-7-17-44(36,37)38)28-21-26(33)11-13-30(28)43-31)19-32-35(16-14-22(2)45(39,40)41)27-20-25(10-12-29(27)42-32)24-8-5-4-6-9-24;1-2-8-5-3-7(1)4-6-8/h4-6,8-13,18-22H,3,7,14-17H2,1-2H3,(H-,36,37,38,39,40,41);1-6H2. The van der Waals surface area contributed by atoms with E-state index in [1.807, 2.05) is 72.2 Å². The van der Waals surface area contributed by atoms with Crippen molar-refractivity contribution >= 4 is 54.7 Å². The molecule has 1 atom stereocenters. The van der Waals surface area contributed by atoms with Gasteiger partial charge in [-0.15, -0.1) is 0 Å². The van der Waals surface area contributed by atoms with Crippen molar-refractivity contribution in [1.82, 2.24) is 9.80 Å². The number of fused-ring (bicyclic) bond motifs is 5. The zero-order valence-electron chi connectivity index (χ0n) is 29.9. The van der Waals surface area contributed by atoms with Gasteiger partial charge in [-0.2, -0.15) is 13.0 Å². The number of benzene rings is 3. The van der Waals surface area contributed by atoms with E-state index in [0.29, 0.717) is 40.2 Å². The second-order valence-electron chi connectivity index (χ2n) is 13.5. The first-order valence-corrected chi connectivity index (χ1v) is 21.3. The molecule has 15 heteroatoms. The summed E-state index contributed by atoms with van der Waals surface area (Å²) < 4.78 is 81.3. The molecular formula is C38H45ClN4O8S2. The first kappa shape index (κ1) is 38.9. The summed E-state index contributed by atoms with van der Waals surface area (Å²) in [6, 6.07) is 20.8. The van der Waals surface area contributed by atoms with Crippen LogP contribution in [0.4, 0.5) is 5.69 Å². The Labute approximate surface area is 316 Å². The minimum absolute atomic E-state index is 0.0862. The zero-order valence-corrected chi connectivity index (χ0v) is 32.2. The first-order valence-electron chi connectivity index (χ1n) is 17.8. The summed E-state index contributed by atoms with van der Waals surface area (Å²) in [4.78, 5) is 6.86. The van der Waals surface area contributed by atoms with Gasteiger partial charge in [-0.3, -0.25) is 14.4 Å². The maximum absolute atomic E-state index is 11.8. The predicted octanol–water partition coefficient (Wildman–Crippen LogP) is 5.79. The molecule has 3 saturated heterocycles. The van der Waals surface area contributed by atoms with Crippen LogP contribution in [-0.4, -0.2) is 92.6 Å². The van der Waals surface area contributed by atoms with Crippen LogP contribution >= 0.6 is 11.6 Å². The molecule has 4 aliphatic rings. The van der Waals surface area contributed by atoms with Crippen LogP contribution in [0.3, 0.4) is 0 Å². The second-order valence-corrected chi connectivity index (χ2v) is 17.3. The molecular weight excluding hydrogens is 740 g/mol. The lowest BCUT2D eigenvalue weighted by Gasteiger charge is -2.41. The van der Waals surface area contributed by atoms with Crippen molar-refractivity contribution in [2.45, 2.75) is 44.9 Å². The Bertz CT molecular complexity index is 2180. The number of hydrogen-bond donors (Lipinski definition) is 1. The van der Waals surface area contributed by atoms with E-state index in [1.54, 1.807) is 23.1 Å². The molecule has 284 valence electrons. The van der Waals surface area contributed by atoms with Crippen molar-refractivity contribution in [2.24, 2.45) is 0 Å². The molecule has 53 heavy (non-hydrogen) atoms. The Hall–Kier alpha value is -3.76. The highest BCUT2D eigenvalue weighted by Crippen LogP contribution is 2.41. The Morgan fingerprint density at radius 2 is 1.64 bits per heavy atom. The van der Waals surface area contributed by atoms with E-state index in [-0.39, 0.29) is 25.9 Å². The lowest BCUT2D eigenvalue weighted by molar-refractivity contribution is -0.678. The van der Waals surface area contributed by atoms with E-state index >= 15 is 0 Å². The van der Waals surface area contributed by atoms with Crippen LogP contribution in [0.25, 0.3) is 28.3 Å². The minimum atomic E-state index is -4.39. The van der Waals surface area contributed by atoms with Crippen LogP contribution in [0.1, 0.15) is 39.0 Å². The largest absolute Gasteiger partial charge is 0.748 e. The number of hydrogen-bond acceptors (Lipinski definition) is 10. The Morgan fingerprint density at radius 1 is 0.962 bits per heavy atom. The second kappa shape index (κ2) is 16.7. The topological polar surface area (TPSA) is 148 Å². The maximum Gasteiger partial charge on any atom is 0.374 e. The maximum atomic E-state index is 11.8. The summed E-state index contributed by atoms with van der Waals surface area (Å²) in [6.45, 7) is 11.8. The van der Waals surface area contributed by atoms with Crippen LogP contribution in [0.5, 0.6) is 5.75 Å². The molecule has 0 amide bonds. The van der Waals surface area contributed by atoms with Gasteiger partial charge in [0.25, 0.3) is 15.6 Å². The summed E-state index contributed by atoms with van der Waals surface area (Å²) in [5, 5.41) is -0.510. The molecule has 1 unspecified atom stereocenters. The number of aromatic nitrogens is 1. The SMILES string of the molecule is C1CN2CCN1CC2.CCC(/C=C1\Oc2ccc(Cl)cc2N1CCCS(=O)(=O)[O-])=C\c1oc2ccc(-c3ccccc3)cc2[n+]1CCC(C)S(=O)(=O)O. The summed E-state index contributed by atoms with van der Waals surface area (Å²) in [5.41, 5.74) is 4.78. The quantitative estimate of drug-likeness (QED) is 0.138. The number of rotatable bonds is 12. The summed E-state index contributed by atoms with van der Waals surface area (Å²) in [6.07, 6.45) is 4.44. The molecule has 1 aromatic heterocycles. The van der Waals surface area contributed by atoms with Crippen molar-refractivity contribution in [3.05, 3.63) is 95.2 Å². The van der Waals surface area contributed by atoms with Gasteiger partial charge in [-0.1, -0.05) is 54.9 Å². The predicted molar refractivity (Wildman–Crippen MR) is 205 cm³/mol. The molecule has 0 aliphatic carbocycles. The van der Waals surface area contributed by atoms with E-state index in [4.69, 9.17) is 20.8 Å². The molecule has 0 saturated carbocycles. The van der Waals surface area contributed by atoms with E-state index in [1.165, 1.54) is 46.2 Å². The van der Waals surface area contributed by atoms with Crippen LogP contribution < -0.4 is 14.2 Å². The highest BCUT2D eigenvalue weighted by Gasteiger charge is 2.29. The smallest absolute Gasteiger partial charge is 0.374 e. The van der Waals surface area contributed by atoms with Crippen LogP contribution in [0.2, 0.25) is 5.02 Å². The Balaban J connectivity index is 0.000000524. The molecule has 8 rings (SSSR count). The van der Waals surface area contributed by atoms with Gasteiger partial charge in [-0.25, -0.2) is 8.42 Å². The van der Waals surface area contributed by atoms with Gasteiger partial charge in [0.1, 0.15) is 0 Å². The highest BCUT2D eigenvalue weighted by molar-refractivity contribution is 7.86. The average molecular weight is 785 g/mol. The fraction of sp³-hybridized carbons (Fsp3) is 0.395. The van der Waals surface area contributed by atoms with Gasteiger partial charge in [0.2, 0.25) is 11.5 Å². The summed E-state index contributed by atoms with van der Waals surface area (Å²) in [5.74, 6) is 0.916. The van der Waals surface area contributed by atoms with Crippen molar-refractivity contribution in [1.29, 1.82) is 0 Å². The van der Waals surface area contributed by atoms with Crippen LogP contribution in [0, 0.1) is 0 Å². The molecule has 1 N–H and O–H groups in total. The lowest BCUT2D eigenvalue weighted by Crippen LogP contribution is -2.55. The van der Waals surface area contributed by atoms with E-state index < -0.39 is 31.2 Å². The third-order valence-electron chi connectivity index (χ3n) is 9.80. The zero-order chi connectivity index (χ0) is 37.8. The van der Waals surface area contributed by atoms with Crippen LogP contribution in [-0.2, 0) is 26.8 Å². The number of nitrogens with zero attached hydrogens (tertiary/aromatic N) is 4. The van der Waals surface area contributed by atoms with Gasteiger partial charge < -0.3 is 18.6 Å². The molecule has 4 aromatic rings. The third-order valence-corrected chi connectivity index (χ3v) is 12.1. The molecule has 3 fully saturated rings. The average Bonchev–Trinajstić information content (AvgIpc) is 3.66. The Kier molecular flexibility index (Phi) is 12.3. The monoisotopic (exact) mass is 784 g/mol. The molecule has 0 spiro atoms. The number of ether oxygens (including phenoxy) is 1. The summed E-state index contributed by atoms with van der Waals surface area (Å²) in [7, 11) is -8.62. The number of anilines is 1. The van der Waals surface area contributed by atoms with Gasteiger partial charge in [0.15, 0.2) is 12.3 Å². The highest BCUT2D eigenvalue weighted by atomic mass is 35.5. The lowest BCUT2D eigenvalue weighted by atomic mass is 10.1. The van der Waals surface area contributed by atoms with Gasteiger partial charge in [-0.05, 0) is 60.7 Å². The van der Waals surface area contributed by atoms with Crippen molar-refractivity contribution in [2.75, 3.05) is 56.5 Å². The molecule has 4 aliphatic heterocycles. The molecule has 3 aromatic carbocycles. The summed E-state index contributed by atoms with van der Waals surface area (Å²) >= 11 is 6.24. The number of allylic oxidation sites excluding steroid dienone is 2. The number of halogens is 1. The number of piperazine rings is 3. The normalized spacial score (nSPS) is 19.9. The van der Waals surface area contributed by atoms with Crippen molar-refractivity contribution < 1.29 is 39.7 Å². The van der Waals surface area contributed by atoms with Gasteiger partial charge >= 0.3 is 5.89 Å². The molecule has 0 radical (unpaired) electrons. The first-order chi connectivity index (χ1) is 25.3. The van der Waals surface area contributed by atoms with E-state index in [9.17, 15) is 25.9 Å². The molecule has 12 nitrogen and oxygen atoms in total. The van der Waals surface area contributed by atoms with E-state index in [2.05, 4.69) is 9.80 Å². The fourth-order valence-electron chi connectivity index (χ4n) is 6.60.